The highest BCUT2D eigenvalue weighted by atomic mass is 79.9. The quantitative estimate of drug-likeness (QED) is 0.886. The van der Waals surface area contributed by atoms with Gasteiger partial charge in [0.1, 0.15) is 5.82 Å². The fraction of sp³-hybridized carbons (Fsp3) is 0.0909. The number of hydrogen-bond acceptors (Lipinski definition) is 4. The molecule has 1 aromatic carbocycles. The molecule has 82 valence electrons. The van der Waals surface area contributed by atoms with Crippen LogP contribution in [0.3, 0.4) is 0 Å². The summed E-state index contributed by atoms with van der Waals surface area (Å²) in [5.74, 6) is 1.00. The van der Waals surface area contributed by atoms with E-state index >= 15 is 0 Å². The van der Waals surface area contributed by atoms with Gasteiger partial charge in [-0.05, 0) is 17.7 Å². The molecule has 0 aliphatic rings. The van der Waals surface area contributed by atoms with Crippen LogP contribution in [0.2, 0.25) is 0 Å². The summed E-state index contributed by atoms with van der Waals surface area (Å²) in [6.07, 6.45) is 1.72. The number of rotatable bonds is 2. The van der Waals surface area contributed by atoms with Crippen molar-refractivity contribution in [2.45, 2.75) is 0 Å². The van der Waals surface area contributed by atoms with Crippen molar-refractivity contribution in [3.05, 3.63) is 34.9 Å². The summed E-state index contributed by atoms with van der Waals surface area (Å²) >= 11 is 3.39. The van der Waals surface area contributed by atoms with Crippen LogP contribution in [0.5, 0.6) is 0 Å². The first kappa shape index (κ1) is 10.9. The molecule has 16 heavy (non-hydrogen) atoms. The predicted octanol–water partition coefficient (Wildman–Crippen LogP) is 2.53. The number of hydrogen-bond donors (Lipinski definition) is 2. The third kappa shape index (κ3) is 2.14. The Labute approximate surface area is 102 Å². The summed E-state index contributed by atoms with van der Waals surface area (Å²) in [6, 6.07) is 7.86. The number of nitrogen functional groups attached to an aromatic ring is 1. The van der Waals surface area contributed by atoms with E-state index in [1.807, 2.05) is 24.3 Å². The number of nitrogens with zero attached hydrogens (tertiary/aromatic N) is 2. The van der Waals surface area contributed by atoms with Crippen LogP contribution < -0.4 is 11.1 Å². The zero-order chi connectivity index (χ0) is 11.5. The van der Waals surface area contributed by atoms with Crippen LogP contribution in [0.4, 0.5) is 11.8 Å². The van der Waals surface area contributed by atoms with Gasteiger partial charge in [-0.3, -0.25) is 0 Å². The molecule has 1 aromatic heterocycles. The molecule has 0 atom stereocenters. The minimum atomic E-state index is 0.474. The van der Waals surface area contributed by atoms with Gasteiger partial charge in [0.2, 0.25) is 5.95 Å². The summed E-state index contributed by atoms with van der Waals surface area (Å²) < 4.78 is 1.03. The van der Waals surface area contributed by atoms with Crippen molar-refractivity contribution in [3.63, 3.8) is 0 Å². The zero-order valence-electron chi connectivity index (χ0n) is 8.74. The van der Waals surface area contributed by atoms with E-state index in [2.05, 4.69) is 31.2 Å². The molecule has 2 aromatic rings. The van der Waals surface area contributed by atoms with Crippen molar-refractivity contribution in [1.82, 2.24) is 9.97 Å². The molecule has 2 rings (SSSR count). The molecule has 3 N–H and O–H groups in total. The van der Waals surface area contributed by atoms with Crippen LogP contribution in [0.1, 0.15) is 0 Å². The van der Waals surface area contributed by atoms with Gasteiger partial charge in [-0.15, -0.1) is 0 Å². The molecule has 0 saturated carbocycles. The Morgan fingerprint density at radius 3 is 2.50 bits per heavy atom. The summed E-state index contributed by atoms with van der Waals surface area (Å²) in [4.78, 5) is 8.28. The number of anilines is 2. The molecule has 0 bridgehead atoms. The van der Waals surface area contributed by atoms with Crippen LogP contribution in [-0.2, 0) is 0 Å². The molecular formula is C11H11BrN4. The predicted molar refractivity (Wildman–Crippen MR) is 69.1 cm³/mol. The second kappa shape index (κ2) is 4.49. The number of benzene rings is 1. The van der Waals surface area contributed by atoms with Crippen molar-refractivity contribution in [2.24, 2.45) is 0 Å². The minimum absolute atomic E-state index is 0.474. The summed E-state index contributed by atoms with van der Waals surface area (Å²) in [5, 5.41) is 2.85. The molecule has 0 unspecified atom stereocenters. The van der Waals surface area contributed by atoms with E-state index in [1.54, 1.807) is 13.2 Å². The van der Waals surface area contributed by atoms with Crippen molar-refractivity contribution in [3.8, 4) is 11.1 Å². The maximum atomic E-state index is 5.86. The van der Waals surface area contributed by atoms with Gasteiger partial charge in [-0.2, -0.15) is 4.98 Å². The Kier molecular flexibility index (Phi) is 3.05. The molecule has 0 saturated heterocycles. The highest BCUT2D eigenvalue weighted by Crippen LogP contribution is 2.25. The van der Waals surface area contributed by atoms with Gasteiger partial charge in [0.25, 0.3) is 0 Å². The zero-order valence-corrected chi connectivity index (χ0v) is 10.3. The lowest BCUT2D eigenvalue weighted by molar-refractivity contribution is 1.16. The fourth-order valence-corrected chi connectivity index (χ4v) is 1.63. The topological polar surface area (TPSA) is 63.8 Å². The minimum Gasteiger partial charge on any atom is -0.383 e. The summed E-state index contributed by atoms with van der Waals surface area (Å²) in [7, 11) is 1.76. The van der Waals surface area contributed by atoms with E-state index in [0.717, 1.165) is 15.6 Å². The SMILES string of the molecule is CNc1ncc(-c2ccc(Br)cc2)c(N)n1. The standard InChI is InChI=1S/C11H11BrN4/c1-14-11-15-6-9(10(13)16-11)7-2-4-8(12)5-3-7/h2-6H,1H3,(H3,13,14,15,16). The summed E-state index contributed by atoms with van der Waals surface area (Å²) in [5.41, 5.74) is 7.71. The molecule has 5 heteroatoms. The first-order chi connectivity index (χ1) is 7.70. The fourth-order valence-electron chi connectivity index (χ4n) is 1.37. The van der Waals surface area contributed by atoms with E-state index in [-0.39, 0.29) is 0 Å². The largest absolute Gasteiger partial charge is 0.383 e. The van der Waals surface area contributed by atoms with Gasteiger partial charge in [-0.25, -0.2) is 4.98 Å². The third-order valence-corrected chi connectivity index (χ3v) is 2.73. The Morgan fingerprint density at radius 2 is 1.94 bits per heavy atom. The van der Waals surface area contributed by atoms with Crippen LogP contribution in [0.25, 0.3) is 11.1 Å². The first-order valence-corrected chi connectivity index (χ1v) is 5.56. The number of aromatic nitrogens is 2. The second-order valence-electron chi connectivity index (χ2n) is 3.25. The van der Waals surface area contributed by atoms with Crippen LogP contribution >= 0.6 is 15.9 Å². The van der Waals surface area contributed by atoms with Crippen molar-refractivity contribution in [2.75, 3.05) is 18.1 Å². The van der Waals surface area contributed by atoms with Gasteiger partial charge in [-0.1, -0.05) is 28.1 Å². The molecule has 0 amide bonds. The molecule has 0 radical (unpaired) electrons. The number of halogens is 1. The van der Waals surface area contributed by atoms with Gasteiger partial charge in [0.05, 0.1) is 0 Å². The molecule has 0 fully saturated rings. The number of nitrogens with one attached hydrogen (secondary N) is 1. The van der Waals surface area contributed by atoms with E-state index in [9.17, 15) is 0 Å². The van der Waals surface area contributed by atoms with Gasteiger partial charge < -0.3 is 11.1 Å². The van der Waals surface area contributed by atoms with Gasteiger partial charge in [0.15, 0.2) is 0 Å². The van der Waals surface area contributed by atoms with Crippen molar-refractivity contribution < 1.29 is 0 Å². The molecular weight excluding hydrogens is 268 g/mol. The van der Waals surface area contributed by atoms with Gasteiger partial charge in [0, 0.05) is 23.3 Å². The lowest BCUT2D eigenvalue weighted by Crippen LogP contribution is -2.01. The number of nitrogens with two attached hydrogens (primary N) is 1. The maximum Gasteiger partial charge on any atom is 0.224 e. The van der Waals surface area contributed by atoms with E-state index < -0.39 is 0 Å². The van der Waals surface area contributed by atoms with Crippen molar-refractivity contribution in [1.29, 1.82) is 0 Å². The Morgan fingerprint density at radius 1 is 1.25 bits per heavy atom. The van der Waals surface area contributed by atoms with Crippen LogP contribution in [-0.4, -0.2) is 17.0 Å². The third-order valence-electron chi connectivity index (χ3n) is 2.20. The van der Waals surface area contributed by atoms with Crippen LogP contribution in [0.15, 0.2) is 34.9 Å². The van der Waals surface area contributed by atoms with Gasteiger partial charge >= 0.3 is 0 Å². The lowest BCUT2D eigenvalue weighted by atomic mass is 10.1. The highest BCUT2D eigenvalue weighted by molar-refractivity contribution is 9.10. The monoisotopic (exact) mass is 278 g/mol. The second-order valence-corrected chi connectivity index (χ2v) is 4.17. The molecule has 0 aliphatic heterocycles. The first-order valence-electron chi connectivity index (χ1n) is 4.77. The molecule has 0 spiro atoms. The lowest BCUT2D eigenvalue weighted by Gasteiger charge is -2.06. The maximum absolute atomic E-state index is 5.86. The van der Waals surface area contributed by atoms with E-state index in [1.165, 1.54) is 0 Å². The average molecular weight is 279 g/mol. The average Bonchev–Trinajstić information content (AvgIpc) is 2.30. The molecule has 4 nitrogen and oxygen atoms in total. The molecule has 1 heterocycles. The Balaban J connectivity index is 2.44. The van der Waals surface area contributed by atoms with Crippen molar-refractivity contribution >= 4 is 27.7 Å². The molecule has 0 aliphatic carbocycles. The van der Waals surface area contributed by atoms with Crippen LogP contribution in [0, 0.1) is 0 Å². The highest BCUT2D eigenvalue weighted by Gasteiger charge is 2.05. The Bertz CT molecular complexity index is 496. The Hall–Kier alpha value is -1.62. The smallest absolute Gasteiger partial charge is 0.224 e. The summed E-state index contributed by atoms with van der Waals surface area (Å²) in [6.45, 7) is 0. The van der Waals surface area contributed by atoms with E-state index in [4.69, 9.17) is 5.73 Å². The normalized spacial score (nSPS) is 10.1. The van der Waals surface area contributed by atoms with E-state index in [0.29, 0.717) is 11.8 Å².